The fraction of sp³-hybridized carbons (Fsp3) is 0.333. The van der Waals surface area contributed by atoms with Gasteiger partial charge in [0.2, 0.25) is 0 Å². The van der Waals surface area contributed by atoms with E-state index in [9.17, 15) is 5.11 Å². The van der Waals surface area contributed by atoms with Crippen molar-refractivity contribution in [3.8, 4) is 11.5 Å². The maximum absolute atomic E-state index is 9.28. The largest absolute Gasteiger partial charge is 0.457 e. The first kappa shape index (κ1) is 15.5. The van der Waals surface area contributed by atoms with Gasteiger partial charge in [-0.3, -0.25) is 0 Å². The van der Waals surface area contributed by atoms with Gasteiger partial charge >= 0.3 is 0 Å². The van der Waals surface area contributed by atoms with Gasteiger partial charge in [-0.2, -0.15) is 0 Å². The molecule has 2 rings (SSSR count). The molecule has 1 atom stereocenters. The van der Waals surface area contributed by atoms with Gasteiger partial charge in [-0.15, -0.1) is 0 Å². The third kappa shape index (κ3) is 4.31. The number of aliphatic hydroxyl groups excluding tert-OH is 1. The standard InChI is InChI=1S/C18H23NO2/c1-18(2,19)17(11-12-20)14-7-6-10-16(13-14)21-15-8-4-3-5-9-15/h3-10,13,17,20H,11-12,19H2,1-2H3. The minimum absolute atomic E-state index is 0.0850. The smallest absolute Gasteiger partial charge is 0.127 e. The summed E-state index contributed by atoms with van der Waals surface area (Å²) in [5, 5.41) is 9.28. The van der Waals surface area contributed by atoms with Crippen LogP contribution in [0.2, 0.25) is 0 Å². The van der Waals surface area contributed by atoms with Gasteiger partial charge in [0.25, 0.3) is 0 Å². The van der Waals surface area contributed by atoms with Crippen molar-refractivity contribution in [2.45, 2.75) is 31.7 Å². The summed E-state index contributed by atoms with van der Waals surface area (Å²) in [6.45, 7) is 4.09. The van der Waals surface area contributed by atoms with E-state index in [1.165, 1.54) is 0 Å². The molecule has 0 saturated carbocycles. The monoisotopic (exact) mass is 285 g/mol. The second-order valence-corrected chi connectivity index (χ2v) is 5.87. The first-order valence-electron chi connectivity index (χ1n) is 7.23. The lowest BCUT2D eigenvalue weighted by Gasteiger charge is -2.30. The van der Waals surface area contributed by atoms with E-state index in [4.69, 9.17) is 10.5 Å². The third-order valence-corrected chi connectivity index (χ3v) is 3.56. The lowest BCUT2D eigenvalue weighted by Crippen LogP contribution is -2.39. The van der Waals surface area contributed by atoms with Crippen LogP contribution in [0, 0.1) is 0 Å². The predicted molar refractivity (Wildman–Crippen MR) is 85.7 cm³/mol. The van der Waals surface area contributed by atoms with E-state index < -0.39 is 5.54 Å². The summed E-state index contributed by atoms with van der Waals surface area (Å²) in [5.41, 5.74) is 6.94. The van der Waals surface area contributed by atoms with Crippen LogP contribution in [0.5, 0.6) is 11.5 Å². The van der Waals surface area contributed by atoms with Crippen LogP contribution in [0.25, 0.3) is 0 Å². The number of nitrogens with two attached hydrogens (primary N) is 1. The highest BCUT2D eigenvalue weighted by Crippen LogP contribution is 2.32. The number of ether oxygens (including phenoxy) is 1. The quantitative estimate of drug-likeness (QED) is 0.851. The van der Waals surface area contributed by atoms with Crippen LogP contribution in [-0.2, 0) is 0 Å². The Bertz CT molecular complexity index is 561. The molecule has 1 unspecified atom stereocenters. The zero-order chi connectivity index (χ0) is 15.3. The molecule has 0 amide bonds. The fourth-order valence-electron chi connectivity index (χ4n) is 2.52. The van der Waals surface area contributed by atoms with E-state index in [1.807, 2.05) is 68.4 Å². The molecule has 0 bridgehead atoms. The van der Waals surface area contributed by atoms with Crippen LogP contribution in [0.3, 0.4) is 0 Å². The van der Waals surface area contributed by atoms with Gasteiger partial charge in [-0.25, -0.2) is 0 Å². The number of aliphatic hydroxyl groups is 1. The molecule has 2 aromatic carbocycles. The maximum Gasteiger partial charge on any atom is 0.127 e. The van der Waals surface area contributed by atoms with E-state index in [0.29, 0.717) is 6.42 Å². The summed E-state index contributed by atoms with van der Waals surface area (Å²) in [7, 11) is 0. The molecule has 0 aliphatic carbocycles. The second kappa shape index (κ2) is 6.74. The molecule has 2 aromatic rings. The van der Waals surface area contributed by atoms with Crippen molar-refractivity contribution >= 4 is 0 Å². The van der Waals surface area contributed by atoms with Gasteiger partial charge < -0.3 is 15.6 Å². The molecule has 0 spiro atoms. The van der Waals surface area contributed by atoms with Crippen LogP contribution in [-0.4, -0.2) is 17.3 Å². The van der Waals surface area contributed by atoms with Crippen molar-refractivity contribution in [2.24, 2.45) is 5.73 Å². The Morgan fingerprint density at radius 2 is 1.71 bits per heavy atom. The molecule has 112 valence electrons. The Morgan fingerprint density at radius 3 is 2.33 bits per heavy atom. The molecule has 21 heavy (non-hydrogen) atoms. The highest BCUT2D eigenvalue weighted by molar-refractivity contribution is 5.36. The van der Waals surface area contributed by atoms with Crippen molar-refractivity contribution in [2.75, 3.05) is 6.61 Å². The summed E-state index contributed by atoms with van der Waals surface area (Å²) < 4.78 is 5.86. The first-order chi connectivity index (χ1) is 10.0. The Balaban J connectivity index is 2.24. The van der Waals surface area contributed by atoms with Crippen LogP contribution >= 0.6 is 0 Å². The van der Waals surface area contributed by atoms with Gasteiger partial charge in [0.1, 0.15) is 11.5 Å². The number of hydrogen-bond donors (Lipinski definition) is 2. The van der Waals surface area contributed by atoms with Crippen LogP contribution in [0.1, 0.15) is 31.7 Å². The van der Waals surface area contributed by atoms with Crippen molar-refractivity contribution in [1.29, 1.82) is 0 Å². The van der Waals surface area contributed by atoms with Crippen molar-refractivity contribution in [3.63, 3.8) is 0 Å². The number of benzene rings is 2. The first-order valence-corrected chi connectivity index (χ1v) is 7.23. The van der Waals surface area contributed by atoms with E-state index in [2.05, 4.69) is 0 Å². The Labute approximate surface area is 126 Å². The Kier molecular flexibility index (Phi) is 4.99. The van der Waals surface area contributed by atoms with Gasteiger partial charge in [0.05, 0.1) is 0 Å². The Hall–Kier alpha value is -1.84. The highest BCUT2D eigenvalue weighted by atomic mass is 16.5. The summed E-state index contributed by atoms with van der Waals surface area (Å²) in [6.07, 6.45) is 0.637. The average Bonchev–Trinajstić information content (AvgIpc) is 2.45. The van der Waals surface area contributed by atoms with E-state index in [1.54, 1.807) is 0 Å². The second-order valence-electron chi connectivity index (χ2n) is 5.87. The number of hydrogen-bond acceptors (Lipinski definition) is 3. The summed E-state index contributed by atoms with van der Waals surface area (Å²) >= 11 is 0. The van der Waals surface area contributed by atoms with Crippen molar-refractivity contribution in [1.82, 2.24) is 0 Å². The normalized spacial score (nSPS) is 13.0. The summed E-state index contributed by atoms with van der Waals surface area (Å²) in [4.78, 5) is 0. The van der Waals surface area contributed by atoms with E-state index >= 15 is 0 Å². The number of rotatable bonds is 6. The molecular formula is C18H23NO2. The van der Waals surface area contributed by atoms with Gasteiger partial charge in [-0.1, -0.05) is 30.3 Å². The molecule has 0 aliphatic heterocycles. The maximum atomic E-state index is 9.28. The molecule has 3 heteroatoms. The topological polar surface area (TPSA) is 55.5 Å². The molecule has 0 heterocycles. The fourth-order valence-corrected chi connectivity index (χ4v) is 2.52. The van der Waals surface area contributed by atoms with Crippen molar-refractivity contribution in [3.05, 3.63) is 60.2 Å². The molecule has 3 N–H and O–H groups in total. The lowest BCUT2D eigenvalue weighted by molar-refractivity contribution is 0.250. The summed E-state index contributed by atoms with van der Waals surface area (Å²) in [5.74, 6) is 1.67. The van der Waals surface area contributed by atoms with Crippen molar-refractivity contribution < 1.29 is 9.84 Å². The zero-order valence-corrected chi connectivity index (χ0v) is 12.6. The molecule has 0 fully saturated rings. The molecule has 0 aromatic heterocycles. The van der Waals surface area contributed by atoms with Gasteiger partial charge in [-0.05, 0) is 50.1 Å². The van der Waals surface area contributed by atoms with Crippen LogP contribution < -0.4 is 10.5 Å². The minimum atomic E-state index is -0.395. The molecule has 3 nitrogen and oxygen atoms in total. The highest BCUT2D eigenvalue weighted by Gasteiger charge is 2.26. The third-order valence-electron chi connectivity index (χ3n) is 3.56. The van der Waals surface area contributed by atoms with Crippen LogP contribution in [0.15, 0.2) is 54.6 Å². The SMILES string of the molecule is CC(C)(N)C(CCO)c1cccc(Oc2ccccc2)c1. The zero-order valence-electron chi connectivity index (χ0n) is 12.6. The lowest BCUT2D eigenvalue weighted by atomic mass is 9.80. The van der Waals surface area contributed by atoms with Crippen LogP contribution in [0.4, 0.5) is 0 Å². The average molecular weight is 285 g/mol. The molecule has 0 radical (unpaired) electrons. The predicted octanol–water partition coefficient (Wildman–Crippen LogP) is 3.68. The van der Waals surface area contributed by atoms with E-state index in [0.717, 1.165) is 17.1 Å². The van der Waals surface area contributed by atoms with Gasteiger partial charge in [0.15, 0.2) is 0 Å². The van der Waals surface area contributed by atoms with Gasteiger partial charge in [0, 0.05) is 18.1 Å². The number of para-hydroxylation sites is 1. The molecule has 0 aliphatic rings. The molecular weight excluding hydrogens is 262 g/mol. The molecule has 0 saturated heterocycles. The summed E-state index contributed by atoms with van der Waals surface area (Å²) in [6, 6.07) is 17.6. The Morgan fingerprint density at radius 1 is 1.05 bits per heavy atom. The minimum Gasteiger partial charge on any atom is -0.457 e. The van der Waals surface area contributed by atoms with E-state index in [-0.39, 0.29) is 12.5 Å².